The quantitative estimate of drug-likeness (QED) is 0.889. The number of aromatic nitrogens is 1. The predicted molar refractivity (Wildman–Crippen MR) is 72.2 cm³/mol. The highest BCUT2D eigenvalue weighted by atomic mass is 19.1. The fraction of sp³-hybridized carbons (Fsp3) is 0.267. The molecule has 1 unspecified atom stereocenters. The fourth-order valence-electron chi connectivity index (χ4n) is 1.88. The van der Waals surface area contributed by atoms with Gasteiger partial charge in [-0.15, -0.1) is 0 Å². The van der Waals surface area contributed by atoms with Gasteiger partial charge in [0.25, 0.3) is 0 Å². The van der Waals surface area contributed by atoms with Gasteiger partial charge in [-0.05, 0) is 44.0 Å². The highest BCUT2D eigenvalue weighted by Crippen LogP contribution is 2.13. The summed E-state index contributed by atoms with van der Waals surface area (Å²) in [5, 5.41) is 3.32. The van der Waals surface area contributed by atoms with Gasteiger partial charge in [0, 0.05) is 11.7 Å². The highest BCUT2D eigenvalue weighted by molar-refractivity contribution is 5.42. The molecule has 1 aromatic heterocycles. The Kier molecular flexibility index (Phi) is 3.92. The van der Waals surface area contributed by atoms with E-state index in [2.05, 4.69) is 10.3 Å². The van der Waals surface area contributed by atoms with E-state index in [1.54, 1.807) is 12.3 Å². The third kappa shape index (κ3) is 3.29. The van der Waals surface area contributed by atoms with Crippen molar-refractivity contribution in [2.75, 3.05) is 5.32 Å². The summed E-state index contributed by atoms with van der Waals surface area (Å²) in [6, 6.07) is 11.0. The molecule has 1 N–H and O–H groups in total. The Bertz CT molecular complexity index is 508. The summed E-state index contributed by atoms with van der Waals surface area (Å²) in [6.45, 7) is 3.98. The van der Waals surface area contributed by atoms with Crippen LogP contribution in [0.2, 0.25) is 0 Å². The Balaban J connectivity index is 1.99. The molecule has 0 radical (unpaired) electrons. The molecule has 0 saturated carbocycles. The second kappa shape index (κ2) is 5.63. The number of hydrogen-bond donors (Lipinski definition) is 1. The van der Waals surface area contributed by atoms with Crippen LogP contribution in [0.15, 0.2) is 42.6 Å². The van der Waals surface area contributed by atoms with Crippen molar-refractivity contribution in [2.24, 2.45) is 0 Å². The van der Waals surface area contributed by atoms with Crippen molar-refractivity contribution in [2.45, 2.75) is 26.3 Å². The van der Waals surface area contributed by atoms with Crippen LogP contribution in [0.4, 0.5) is 10.1 Å². The van der Waals surface area contributed by atoms with Crippen LogP contribution in [-0.2, 0) is 6.42 Å². The molecule has 0 aliphatic carbocycles. The molecule has 0 saturated heterocycles. The second-order valence-electron chi connectivity index (χ2n) is 4.53. The minimum Gasteiger partial charge on any atom is -0.381 e. The summed E-state index contributed by atoms with van der Waals surface area (Å²) in [6.07, 6.45) is 2.45. The van der Waals surface area contributed by atoms with Crippen molar-refractivity contribution in [1.29, 1.82) is 0 Å². The van der Waals surface area contributed by atoms with E-state index in [0.717, 1.165) is 16.9 Å². The summed E-state index contributed by atoms with van der Waals surface area (Å²) < 4.78 is 13.5. The van der Waals surface area contributed by atoms with E-state index in [0.29, 0.717) is 6.42 Å². The van der Waals surface area contributed by atoms with Gasteiger partial charge in [-0.25, -0.2) is 4.39 Å². The zero-order valence-corrected chi connectivity index (χ0v) is 10.7. The average Bonchev–Trinajstić information content (AvgIpc) is 2.35. The predicted octanol–water partition coefficient (Wildman–Crippen LogP) is 3.57. The van der Waals surface area contributed by atoms with Gasteiger partial charge in [-0.1, -0.05) is 18.2 Å². The summed E-state index contributed by atoms with van der Waals surface area (Å²) in [5.74, 6) is -0.145. The van der Waals surface area contributed by atoms with Crippen molar-refractivity contribution in [1.82, 2.24) is 4.98 Å². The first-order valence-electron chi connectivity index (χ1n) is 6.08. The lowest BCUT2D eigenvalue weighted by atomic mass is 10.1. The van der Waals surface area contributed by atoms with E-state index in [9.17, 15) is 4.39 Å². The minimum absolute atomic E-state index is 0.145. The molecule has 2 nitrogen and oxygen atoms in total. The average molecular weight is 244 g/mol. The molecule has 2 rings (SSSR count). The lowest BCUT2D eigenvalue weighted by molar-refractivity contribution is 0.601. The van der Waals surface area contributed by atoms with Crippen LogP contribution < -0.4 is 5.32 Å². The normalized spacial score (nSPS) is 12.2. The van der Waals surface area contributed by atoms with Crippen LogP contribution in [0.5, 0.6) is 0 Å². The van der Waals surface area contributed by atoms with Gasteiger partial charge in [-0.3, -0.25) is 4.98 Å². The maximum absolute atomic E-state index is 13.5. The van der Waals surface area contributed by atoms with Crippen LogP contribution in [-0.4, -0.2) is 11.0 Å². The number of nitrogens with one attached hydrogen (secondary N) is 1. The van der Waals surface area contributed by atoms with Gasteiger partial charge in [0.05, 0.1) is 11.9 Å². The number of benzene rings is 1. The molecule has 1 atom stereocenters. The SMILES string of the molecule is Cc1ccc(NC(C)Cc2ccccc2F)cn1. The van der Waals surface area contributed by atoms with Gasteiger partial charge in [0.2, 0.25) is 0 Å². The highest BCUT2D eigenvalue weighted by Gasteiger charge is 2.07. The topological polar surface area (TPSA) is 24.9 Å². The molecule has 0 aliphatic rings. The first-order chi connectivity index (χ1) is 8.65. The smallest absolute Gasteiger partial charge is 0.126 e. The molecule has 3 heteroatoms. The van der Waals surface area contributed by atoms with Crippen molar-refractivity contribution in [3.8, 4) is 0 Å². The Hall–Kier alpha value is -1.90. The largest absolute Gasteiger partial charge is 0.381 e. The van der Waals surface area contributed by atoms with Crippen molar-refractivity contribution in [3.05, 3.63) is 59.7 Å². The van der Waals surface area contributed by atoms with Gasteiger partial charge in [-0.2, -0.15) is 0 Å². The molecule has 0 fully saturated rings. The summed E-state index contributed by atoms with van der Waals surface area (Å²) >= 11 is 0. The van der Waals surface area contributed by atoms with E-state index in [4.69, 9.17) is 0 Å². The molecule has 0 amide bonds. The number of pyridine rings is 1. The van der Waals surface area contributed by atoms with Gasteiger partial charge in [0.1, 0.15) is 5.82 Å². The Morgan fingerprint density at radius 2 is 2.00 bits per heavy atom. The molecule has 1 heterocycles. The Morgan fingerprint density at radius 1 is 1.22 bits per heavy atom. The molecule has 0 bridgehead atoms. The first-order valence-corrected chi connectivity index (χ1v) is 6.08. The number of rotatable bonds is 4. The Morgan fingerprint density at radius 3 is 2.67 bits per heavy atom. The molecule has 1 aromatic carbocycles. The molecule has 2 aromatic rings. The fourth-order valence-corrected chi connectivity index (χ4v) is 1.88. The van der Waals surface area contributed by atoms with E-state index in [-0.39, 0.29) is 11.9 Å². The van der Waals surface area contributed by atoms with Crippen LogP contribution >= 0.6 is 0 Å². The number of hydrogen-bond acceptors (Lipinski definition) is 2. The van der Waals surface area contributed by atoms with Gasteiger partial charge < -0.3 is 5.32 Å². The number of nitrogens with zero attached hydrogens (tertiary/aromatic N) is 1. The lowest BCUT2D eigenvalue weighted by Crippen LogP contribution is -2.18. The monoisotopic (exact) mass is 244 g/mol. The third-order valence-electron chi connectivity index (χ3n) is 2.81. The number of anilines is 1. The van der Waals surface area contributed by atoms with Crippen molar-refractivity contribution >= 4 is 5.69 Å². The number of aryl methyl sites for hydroxylation is 1. The van der Waals surface area contributed by atoms with Gasteiger partial charge in [0.15, 0.2) is 0 Å². The number of halogens is 1. The summed E-state index contributed by atoms with van der Waals surface area (Å²) in [4.78, 5) is 4.22. The van der Waals surface area contributed by atoms with Crippen LogP contribution in [0, 0.1) is 12.7 Å². The molecule has 0 aliphatic heterocycles. The van der Waals surface area contributed by atoms with Crippen LogP contribution in [0.25, 0.3) is 0 Å². The third-order valence-corrected chi connectivity index (χ3v) is 2.81. The molecule has 18 heavy (non-hydrogen) atoms. The zero-order chi connectivity index (χ0) is 13.0. The van der Waals surface area contributed by atoms with E-state index in [1.807, 2.05) is 38.1 Å². The first kappa shape index (κ1) is 12.6. The maximum Gasteiger partial charge on any atom is 0.126 e. The second-order valence-corrected chi connectivity index (χ2v) is 4.53. The standard InChI is InChI=1S/C15H17FN2/c1-11-7-8-14(10-17-11)18-12(2)9-13-5-3-4-6-15(13)16/h3-8,10,12,18H,9H2,1-2H3. The summed E-state index contributed by atoms with van der Waals surface area (Å²) in [7, 11) is 0. The van der Waals surface area contributed by atoms with Crippen molar-refractivity contribution < 1.29 is 4.39 Å². The summed E-state index contributed by atoms with van der Waals surface area (Å²) in [5.41, 5.74) is 2.68. The van der Waals surface area contributed by atoms with Crippen LogP contribution in [0.1, 0.15) is 18.2 Å². The minimum atomic E-state index is -0.145. The van der Waals surface area contributed by atoms with Crippen LogP contribution in [0.3, 0.4) is 0 Å². The van der Waals surface area contributed by atoms with Crippen molar-refractivity contribution in [3.63, 3.8) is 0 Å². The zero-order valence-electron chi connectivity index (χ0n) is 10.7. The molecular weight excluding hydrogens is 227 g/mol. The van der Waals surface area contributed by atoms with E-state index in [1.165, 1.54) is 6.07 Å². The maximum atomic E-state index is 13.5. The van der Waals surface area contributed by atoms with Gasteiger partial charge >= 0.3 is 0 Å². The lowest BCUT2D eigenvalue weighted by Gasteiger charge is -2.15. The molecular formula is C15H17FN2. The molecule has 0 spiro atoms. The van der Waals surface area contributed by atoms with E-state index < -0.39 is 0 Å². The molecule has 94 valence electrons. The van der Waals surface area contributed by atoms with E-state index >= 15 is 0 Å². The Labute approximate surface area is 107 Å².